The van der Waals surface area contributed by atoms with Crippen LogP contribution in [-0.4, -0.2) is 55.8 Å². The van der Waals surface area contributed by atoms with Crippen LogP contribution in [0, 0.1) is 5.92 Å². The molecule has 1 saturated heterocycles. The average Bonchev–Trinajstić information content (AvgIpc) is 2.34. The summed E-state index contributed by atoms with van der Waals surface area (Å²) in [5.41, 5.74) is 11.0. The fourth-order valence-electron chi connectivity index (χ4n) is 2.32. The quantitative estimate of drug-likeness (QED) is 0.664. The van der Waals surface area contributed by atoms with E-state index < -0.39 is 21.8 Å². The minimum atomic E-state index is -3.15. The zero-order valence-electron chi connectivity index (χ0n) is 11.9. The van der Waals surface area contributed by atoms with Gasteiger partial charge in [-0.25, -0.2) is 8.42 Å². The molecule has 1 aliphatic rings. The number of likely N-dealkylation sites (tertiary alicyclic amines) is 1. The molecule has 1 fully saturated rings. The number of primary amides is 1. The fraction of sp³-hybridized carbons (Fsp3) is 0.833. The third-order valence-electron chi connectivity index (χ3n) is 3.68. The van der Waals surface area contributed by atoms with E-state index in [1.54, 1.807) is 4.90 Å². The second-order valence-corrected chi connectivity index (χ2v) is 7.80. The van der Waals surface area contributed by atoms with Gasteiger partial charge < -0.3 is 16.4 Å². The van der Waals surface area contributed by atoms with Crippen LogP contribution in [0.5, 0.6) is 0 Å². The van der Waals surface area contributed by atoms with Gasteiger partial charge in [-0.2, -0.15) is 0 Å². The van der Waals surface area contributed by atoms with Crippen molar-refractivity contribution in [3.63, 3.8) is 0 Å². The zero-order chi connectivity index (χ0) is 15.5. The van der Waals surface area contributed by atoms with Gasteiger partial charge in [-0.3, -0.25) is 9.59 Å². The van der Waals surface area contributed by atoms with Crippen LogP contribution < -0.4 is 11.5 Å². The predicted octanol–water partition coefficient (Wildman–Crippen LogP) is -1.14. The third kappa shape index (κ3) is 4.75. The van der Waals surface area contributed by atoms with Gasteiger partial charge >= 0.3 is 0 Å². The number of carbonyl (C=O) groups is 2. The van der Waals surface area contributed by atoms with Gasteiger partial charge in [0.1, 0.15) is 9.84 Å². The molecule has 3 atom stereocenters. The summed E-state index contributed by atoms with van der Waals surface area (Å²) < 4.78 is 22.2. The van der Waals surface area contributed by atoms with Crippen molar-refractivity contribution in [2.75, 3.05) is 18.6 Å². The van der Waals surface area contributed by atoms with Crippen LogP contribution in [0.15, 0.2) is 0 Å². The van der Waals surface area contributed by atoms with Gasteiger partial charge in [0.15, 0.2) is 0 Å². The molecule has 20 heavy (non-hydrogen) atoms. The van der Waals surface area contributed by atoms with E-state index in [0.717, 1.165) is 6.26 Å². The standard InChI is InChI=1S/C12H23N3O4S/c1-8-3-4-9(11(14)16)7-15(8)12(17)10(13)5-6-20(2,18)19/h8-10H,3-7,13H2,1-2H3,(H2,14,16). The maximum absolute atomic E-state index is 12.2. The summed E-state index contributed by atoms with van der Waals surface area (Å²) in [5, 5.41) is 0. The van der Waals surface area contributed by atoms with Crippen molar-refractivity contribution in [2.24, 2.45) is 17.4 Å². The second-order valence-electron chi connectivity index (χ2n) is 5.54. The Labute approximate surface area is 119 Å². The predicted molar refractivity (Wildman–Crippen MR) is 75.4 cm³/mol. The van der Waals surface area contributed by atoms with E-state index in [9.17, 15) is 18.0 Å². The lowest BCUT2D eigenvalue weighted by atomic mass is 9.92. The lowest BCUT2D eigenvalue weighted by Gasteiger charge is -2.38. The number of hydrogen-bond acceptors (Lipinski definition) is 5. The molecule has 0 bridgehead atoms. The largest absolute Gasteiger partial charge is 0.369 e. The number of carbonyl (C=O) groups excluding carboxylic acids is 2. The molecule has 8 heteroatoms. The lowest BCUT2D eigenvalue weighted by molar-refractivity contribution is -0.138. The fourth-order valence-corrected chi connectivity index (χ4v) is 3.01. The van der Waals surface area contributed by atoms with E-state index in [1.807, 2.05) is 6.92 Å². The summed E-state index contributed by atoms with van der Waals surface area (Å²) in [7, 11) is -3.15. The normalized spacial score (nSPS) is 25.2. The zero-order valence-corrected chi connectivity index (χ0v) is 12.7. The van der Waals surface area contributed by atoms with Gasteiger partial charge in [0.2, 0.25) is 11.8 Å². The van der Waals surface area contributed by atoms with Gasteiger partial charge in [-0.1, -0.05) is 0 Å². The summed E-state index contributed by atoms with van der Waals surface area (Å²) in [6.45, 7) is 2.15. The van der Waals surface area contributed by atoms with Crippen LogP contribution in [0.3, 0.4) is 0 Å². The van der Waals surface area contributed by atoms with E-state index in [2.05, 4.69) is 0 Å². The van der Waals surface area contributed by atoms with E-state index in [1.165, 1.54) is 0 Å². The Bertz CT molecular complexity index is 477. The molecule has 0 aromatic carbocycles. The van der Waals surface area contributed by atoms with Gasteiger partial charge in [0, 0.05) is 18.8 Å². The number of piperidine rings is 1. The average molecular weight is 305 g/mol. The highest BCUT2D eigenvalue weighted by atomic mass is 32.2. The first-order chi connectivity index (χ1) is 9.11. The number of rotatable bonds is 5. The summed E-state index contributed by atoms with van der Waals surface area (Å²) >= 11 is 0. The van der Waals surface area contributed by atoms with E-state index in [4.69, 9.17) is 11.5 Å². The molecule has 1 rings (SSSR count). The molecule has 0 saturated carbocycles. The van der Waals surface area contributed by atoms with E-state index in [-0.39, 0.29) is 36.6 Å². The molecule has 2 amide bonds. The van der Waals surface area contributed by atoms with Crippen molar-refractivity contribution < 1.29 is 18.0 Å². The molecule has 1 aliphatic heterocycles. The first-order valence-electron chi connectivity index (χ1n) is 6.65. The van der Waals surface area contributed by atoms with Crippen molar-refractivity contribution >= 4 is 21.7 Å². The first kappa shape index (κ1) is 16.9. The Morgan fingerprint density at radius 3 is 2.45 bits per heavy atom. The Morgan fingerprint density at radius 2 is 1.95 bits per heavy atom. The molecule has 3 unspecified atom stereocenters. The maximum Gasteiger partial charge on any atom is 0.239 e. The van der Waals surface area contributed by atoms with Crippen LogP contribution in [0.4, 0.5) is 0 Å². The van der Waals surface area contributed by atoms with Crippen LogP contribution in [0.1, 0.15) is 26.2 Å². The monoisotopic (exact) mass is 305 g/mol. The Kier molecular flexibility index (Phi) is 5.52. The lowest BCUT2D eigenvalue weighted by Crippen LogP contribution is -2.53. The number of amides is 2. The molecule has 0 spiro atoms. The van der Waals surface area contributed by atoms with E-state index >= 15 is 0 Å². The highest BCUT2D eigenvalue weighted by molar-refractivity contribution is 7.90. The second kappa shape index (κ2) is 6.53. The van der Waals surface area contributed by atoms with Crippen molar-refractivity contribution in [1.82, 2.24) is 4.90 Å². The molecule has 0 radical (unpaired) electrons. The number of nitrogens with zero attached hydrogens (tertiary/aromatic N) is 1. The van der Waals surface area contributed by atoms with Crippen LogP contribution in [0.25, 0.3) is 0 Å². The van der Waals surface area contributed by atoms with Crippen LogP contribution in [0.2, 0.25) is 0 Å². The molecule has 0 aromatic heterocycles. The molecule has 4 N–H and O–H groups in total. The number of nitrogens with two attached hydrogens (primary N) is 2. The topological polar surface area (TPSA) is 124 Å². The molecule has 7 nitrogen and oxygen atoms in total. The maximum atomic E-state index is 12.2. The first-order valence-corrected chi connectivity index (χ1v) is 8.71. The Morgan fingerprint density at radius 1 is 1.35 bits per heavy atom. The molecular formula is C12H23N3O4S. The highest BCUT2D eigenvalue weighted by Crippen LogP contribution is 2.22. The van der Waals surface area contributed by atoms with Crippen molar-refractivity contribution in [3.8, 4) is 0 Å². The summed E-state index contributed by atoms with van der Waals surface area (Å²) in [5.74, 6) is -1.20. The Hall–Kier alpha value is -1.15. The van der Waals surface area contributed by atoms with Gasteiger partial charge in [0.05, 0.1) is 17.7 Å². The van der Waals surface area contributed by atoms with Crippen molar-refractivity contribution in [3.05, 3.63) is 0 Å². The number of hydrogen-bond donors (Lipinski definition) is 2. The van der Waals surface area contributed by atoms with Crippen LogP contribution in [-0.2, 0) is 19.4 Å². The summed E-state index contributed by atoms with van der Waals surface area (Å²) in [4.78, 5) is 25.0. The molecule has 0 aromatic rings. The van der Waals surface area contributed by atoms with Crippen molar-refractivity contribution in [1.29, 1.82) is 0 Å². The van der Waals surface area contributed by atoms with E-state index in [0.29, 0.717) is 12.8 Å². The molecule has 1 heterocycles. The summed E-state index contributed by atoms with van der Waals surface area (Å²) in [6, 6.07) is -0.874. The van der Waals surface area contributed by atoms with Crippen molar-refractivity contribution in [2.45, 2.75) is 38.3 Å². The molecular weight excluding hydrogens is 282 g/mol. The smallest absolute Gasteiger partial charge is 0.239 e. The minimum absolute atomic E-state index is 0.0117. The van der Waals surface area contributed by atoms with Gasteiger partial charge in [0.25, 0.3) is 0 Å². The minimum Gasteiger partial charge on any atom is -0.369 e. The van der Waals surface area contributed by atoms with Gasteiger partial charge in [-0.05, 0) is 26.2 Å². The SMILES string of the molecule is CC1CCC(C(N)=O)CN1C(=O)C(N)CCS(C)(=O)=O. The highest BCUT2D eigenvalue weighted by Gasteiger charge is 2.33. The number of sulfone groups is 1. The Balaban J connectivity index is 2.66. The summed E-state index contributed by atoms with van der Waals surface area (Å²) in [6.07, 6.45) is 2.55. The molecule has 0 aliphatic carbocycles. The molecule has 116 valence electrons. The van der Waals surface area contributed by atoms with Crippen LogP contribution >= 0.6 is 0 Å². The van der Waals surface area contributed by atoms with Gasteiger partial charge in [-0.15, -0.1) is 0 Å². The third-order valence-corrected chi connectivity index (χ3v) is 4.66.